The number of para-hydroxylation sites is 2. The molecule has 0 fully saturated rings. The fourth-order valence-corrected chi connectivity index (χ4v) is 2.40. The molecule has 0 aliphatic rings. The maximum absolute atomic E-state index is 11.5. The number of benzene rings is 2. The van der Waals surface area contributed by atoms with Crippen LogP contribution in [0.4, 0.5) is 5.69 Å². The minimum atomic E-state index is -1.29. The predicted molar refractivity (Wildman–Crippen MR) is 95.2 cm³/mol. The first-order valence-electron chi connectivity index (χ1n) is 7.19. The van der Waals surface area contributed by atoms with Crippen molar-refractivity contribution in [1.29, 1.82) is 0 Å². The van der Waals surface area contributed by atoms with Gasteiger partial charge < -0.3 is 25.6 Å². The van der Waals surface area contributed by atoms with E-state index in [1.165, 1.54) is 7.11 Å². The zero-order valence-electron chi connectivity index (χ0n) is 13.0. The van der Waals surface area contributed by atoms with E-state index < -0.39 is 18.1 Å². The number of carboxylic acids is 1. The summed E-state index contributed by atoms with van der Waals surface area (Å²) in [6, 6.07) is 14.3. The first-order chi connectivity index (χ1) is 11.5. The highest BCUT2D eigenvalue weighted by Crippen LogP contribution is 2.23. The minimum absolute atomic E-state index is 0.0712. The second kappa shape index (κ2) is 8.28. The van der Waals surface area contributed by atoms with Gasteiger partial charge in [-0.25, -0.2) is 4.79 Å². The lowest BCUT2D eigenvalue weighted by Crippen LogP contribution is -2.46. The van der Waals surface area contributed by atoms with Crippen LogP contribution in [0.1, 0.15) is 11.7 Å². The Bertz CT molecular complexity index is 709. The smallest absolute Gasteiger partial charge is 0.329 e. The lowest BCUT2D eigenvalue weighted by atomic mass is 10.0. The largest absolute Gasteiger partial charge is 0.495 e. The van der Waals surface area contributed by atoms with Gasteiger partial charge in [0.1, 0.15) is 11.9 Å². The molecular weight excluding hydrogens is 328 g/mol. The number of anilines is 1. The van der Waals surface area contributed by atoms with Crippen molar-refractivity contribution < 1.29 is 19.7 Å². The summed E-state index contributed by atoms with van der Waals surface area (Å²) in [6.07, 6.45) is -1.25. The third-order valence-corrected chi connectivity index (χ3v) is 3.58. The van der Waals surface area contributed by atoms with Gasteiger partial charge in [0, 0.05) is 0 Å². The molecular formula is C17H18N2O4S. The molecule has 2 atom stereocenters. The maximum Gasteiger partial charge on any atom is 0.329 e. The normalized spacial score (nSPS) is 12.8. The number of carbonyl (C=O) groups is 1. The molecule has 0 amide bonds. The van der Waals surface area contributed by atoms with Gasteiger partial charge in [-0.15, -0.1) is 0 Å². The van der Waals surface area contributed by atoms with E-state index in [2.05, 4.69) is 10.6 Å². The number of aliphatic hydroxyl groups excluding tert-OH is 1. The molecule has 2 aromatic rings. The fourth-order valence-electron chi connectivity index (χ4n) is 2.17. The van der Waals surface area contributed by atoms with E-state index in [-0.39, 0.29) is 5.11 Å². The number of carboxylic acid groups (broad SMARTS) is 1. The van der Waals surface area contributed by atoms with Crippen LogP contribution in [-0.2, 0) is 4.79 Å². The number of hydrogen-bond donors (Lipinski definition) is 4. The van der Waals surface area contributed by atoms with E-state index >= 15 is 0 Å². The van der Waals surface area contributed by atoms with E-state index in [1.54, 1.807) is 54.6 Å². The molecule has 0 radical (unpaired) electrons. The van der Waals surface area contributed by atoms with Gasteiger partial charge >= 0.3 is 5.97 Å². The van der Waals surface area contributed by atoms with Crippen molar-refractivity contribution in [2.45, 2.75) is 12.1 Å². The van der Waals surface area contributed by atoms with E-state index in [0.29, 0.717) is 17.0 Å². The summed E-state index contributed by atoms with van der Waals surface area (Å²) in [5.41, 5.74) is 1.08. The molecule has 0 aromatic heterocycles. The molecule has 2 rings (SSSR count). The van der Waals surface area contributed by atoms with Gasteiger partial charge in [0.05, 0.1) is 12.8 Å². The number of aliphatic carboxylic acids is 1. The number of rotatable bonds is 6. The summed E-state index contributed by atoms with van der Waals surface area (Å²) >= 11 is 5.16. The van der Waals surface area contributed by atoms with E-state index in [0.717, 1.165) is 0 Å². The highest BCUT2D eigenvalue weighted by Gasteiger charge is 2.28. The van der Waals surface area contributed by atoms with Crippen LogP contribution in [0.2, 0.25) is 0 Å². The summed E-state index contributed by atoms with van der Waals surface area (Å²) in [5.74, 6) is -0.646. The number of thiocarbonyl (C=S) groups is 1. The van der Waals surface area contributed by atoms with Gasteiger partial charge in [0.15, 0.2) is 11.2 Å². The van der Waals surface area contributed by atoms with Crippen molar-refractivity contribution in [2.24, 2.45) is 0 Å². The Morgan fingerprint density at radius 2 is 1.75 bits per heavy atom. The lowest BCUT2D eigenvalue weighted by molar-refractivity contribution is -0.142. The summed E-state index contributed by atoms with van der Waals surface area (Å²) in [6.45, 7) is 0. The van der Waals surface area contributed by atoms with Gasteiger partial charge in [-0.3, -0.25) is 0 Å². The molecule has 6 nitrogen and oxygen atoms in total. The molecule has 0 heterocycles. The SMILES string of the molecule is COc1ccccc1NC(=S)NC(C(=O)O)C(O)c1ccccc1. The Balaban J connectivity index is 2.10. The van der Waals surface area contributed by atoms with Gasteiger partial charge in [-0.1, -0.05) is 42.5 Å². The fraction of sp³-hybridized carbons (Fsp3) is 0.176. The van der Waals surface area contributed by atoms with E-state index in [4.69, 9.17) is 17.0 Å². The third kappa shape index (κ3) is 4.43. The Morgan fingerprint density at radius 1 is 1.12 bits per heavy atom. The maximum atomic E-state index is 11.5. The van der Waals surface area contributed by atoms with Crippen molar-refractivity contribution >= 4 is 29.0 Å². The summed E-state index contributed by atoms with van der Waals surface area (Å²) < 4.78 is 5.20. The highest BCUT2D eigenvalue weighted by atomic mass is 32.1. The molecule has 0 saturated heterocycles. The molecule has 0 spiro atoms. The van der Waals surface area contributed by atoms with Crippen molar-refractivity contribution in [3.63, 3.8) is 0 Å². The molecule has 7 heteroatoms. The van der Waals surface area contributed by atoms with Crippen molar-refractivity contribution in [1.82, 2.24) is 5.32 Å². The van der Waals surface area contributed by atoms with Gasteiger partial charge in [-0.05, 0) is 29.9 Å². The zero-order chi connectivity index (χ0) is 17.5. The second-order valence-corrected chi connectivity index (χ2v) is 5.38. The van der Waals surface area contributed by atoms with E-state index in [1.807, 2.05) is 0 Å². The lowest BCUT2D eigenvalue weighted by Gasteiger charge is -2.23. The standard InChI is InChI=1S/C17H18N2O4S/c1-23-13-10-6-5-9-12(13)18-17(24)19-14(16(21)22)15(20)11-7-3-2-4-8-11/h2-10,14-15,20H,1H3,(H,21,22)(H2,18,19,24). The number of ether oxygens (including phenoxy) is 1. The monoisotopic (exact) mass is 346 g/mol. The minimum Gasteiger partial charge on any atom is -0.495 e. The summed E-state index contributed by atoms with van der Waals surface area (Å²) in [4.78, 5) is 11.5. The van der Waals surface area contributed by atoms with Gasteiger partial charge in [0.2, 0.25) is 0 Å². The molecule has 2 unspecified atom stereocenters. The quantitative estimate of drug-likeness (QED) is 0.596. The van der Waals surface area contributed by atoms with Crippen LogP contribution in [-0.4, -0.2) is 34.4 Å². The van der Waals surface area contributed by atoms with Crippen LogP contribution in [0.15, 0.2) is 54.6 Å². The summed E-state index contributed by atoms with van der Waals surface area (Å²) in [5, 5.41) is 25.3. The Kier molecular flexibility index (Phi) is 6.11. The molecule has 2 aromatic carbocycles. The Hall–Kier alpha value is -2.64. The first kappa shape index (κ1) is 17.7. The number of aliphatic hydroxyl groups is 1. The van der Waals surface area contributed by atoms with Gasteiger partial charge in [0.25, 0.3) is 0 Å². The second-order valence-electron chi connectivity index (χ2n) is 4.97. The van der Waals surface area contributed by atoms with Crippen LogP contribution >= 0.6 is 12.2 Å². The van der Waals surface area contributed by atoms with Crippen LogP contribution < -0.4 is 15.4 Å². The predicted octanol–water partition coefficient (Wildman–Crippen LogP) is 2.17. The van der Waals surface area contributed by atoms with Gasteiger partial charge in [-0.2, -0.15) is 0 Å². The van der Waals surface area contributed by atoms with Crippen LogP contribution in [0.3, 0.4) is 0 Å². The van der Waals surface area contributed by atoms with Crippen molar-refractivity contribution in [3.05, 3.63) is 60.2 Å². The molecule has 0 saturated carbocycles. The first-order valence-corrected chi connectivity index (χ1v) is 7.60. The highest BCUT2D eigenvalue weighted by molar-refractivity contribution is 7.80. The molecule has 126 valence electrons. The van der Waals surface area contributed by atoms with E-state index in [9.17, 15) is 15.0 Å². The average molecular weight is 346 g/mol. The summed E-state index contributed by atoms with van der Waals surface area (Å²) in [7, 11) is 1.52. The van der Waals surface area contributed by atoms with Crippen LogP contribution in [0.25, 0.3) is 0 Å². The van der Waals surface area contributed by atoms with Crippen molar-refractivity contribution in [2.75, 3.05) is 12.4 Å². The number of nitrogens with one attached hydrogen (secondary N) is 2. The third-order valence-electron chi connectivity index (χ3n) is 3.36. The Labute approximate surface area is 145 Å². The molecule has 0 bridgehead atoms. The van der Waals surface area contributed by atoms with Crippen molar-refractivity contribution in [3.8, 4) is 5.75 Å². The zero-order valence-corrected chi connectivity index (χ0v) is 13.8. The number of methoxy groups -OCH3 is 1. The molecule has 0 aliphatic carbocycles. The molecule has 4 N–H and O–H groups in total. The Morgan fingerprint density at radius 3 is 2.38 bits per heavy atom. The molecule has 0 aliphatic heterocycles. The number of hydrogen-bond acceptors (Lipinski definition) is 4. The van der Waals surface area contributed by atoms with Crippen LogP contribution in [0.5, 0.6) is 5.75 Å². The van der Waals surface area contributed by atoms with Crippen LogP contribution in [0, 0.1) is 0 Å². The topological polar surface area (TPSA) is 90.8 Å². The molecule has 24 heavy (non-hydrogen) atoms. The average Bonchev–Trinajstić information content (AvgIpc) is 2.60.